The van der Waals surface area contributed by atoms with Crippen molar-refractivity contribution in [2.75, 3.05) is 6.54 Å². The van der Waals surface area contributed by atoms with E-state index in [4.69, 9.17) is 5.73 Å². The maximum absolute atomic E-state index is 12.1. The van der Waals surface area contributed by atoms with Crippen LogP contribution in [-0.4, -0.2) is 31.0 Å². The van der Waals surface area contributed by atoms with Gasteiger partial charge in [0.25, 0.3) is 0 Å². The molecular formula is C16H24ClF2N3O3. The molecule has 1 aromatic rings. The van der Waals surface area contributed by atoms with Gasteiger partial charge in [0.05, 0.1) is 18.6 Å². The molecule has 0 aliphatic carbocycles. The molecule has 1 aromatic carbocycles. The van der Waals surface area contributed by atoms with Crippen molar-refractivity contribution in [1.82, 2.24) is 10.6 Å². The van der Waals surface area contributed by atoms with Gasteiger partial charge in [0.2, 0.25) is 11.8 Å². The van der Waals surface area contributed by atoms with Crippen LogP contribution in [0.25, 0.3) is 0 Å². The molecule has 0 radical (unpaired) electrons. The lowest BCUT2D eigenvalue weighted by Crippen LogP contribution is -2.47. The largest absolute Gasteiger partial charge is 0.435 e. The maximum Gasteiger partial charge on any atom is 0.387 e. The van der Waals surface area contributed by atoms with E-state index in [-0.39, 0.29) is 48.5 Å². The Labute approximate surface area is 151 Å². The van der Waals surface area contributed by atoms with Crippen molar-refractivity contribution >= 4 is 24.2 Å². The zero-order valence-corrected chi connectivity index (χ0v) is 15.1. The van der Waals surface area contributed by atoms with Crippen molar-refractivity contribution in [1.29, 1.82) is 0 Å². The van der Waals surface area contributed by atoms with E-state index < -0.39 is 12.7 Å². The summed E-state index contributed by atoms with van der Waals surface area (Å²) in [5.74, 6) is -0.746. The number of nitrogens with one attached hydrogen (secondary N) is 2. The summed E-state index contributed by atoms with van der Waals surface area (Å²) in [4.78, 5) is 23.5. The molecule has 0 aliphatic rings. The molecule has 0 aromatic heterocycles. The predicted octanol–water partition coefficient (Wildman–Crippen LogP) is 1.99. The summed E-state index contributed by atoms with van der Waals surface area (Å²) in [6.45, 7) is 2.30. The van der Waals surface area contributed by atoms with Crippen molar-refractivity contribution < 1.29 is 23.1 Å². The van der Waals surface area contributed by atoms with Crippen molar-refractivity contribution in [2.45, 2.75) is 39.5 Å². The maximum atomic E-state index is 12.1. The quantitative estimate of drug-likeness (QED) is 0.644. The Morgan fingerprint density at radius 1 is 1.16 bits per heavy atom. The van der Waals surface area contributed by atoms with Crippen LogP contribution in [0.5, 0.6) is 5.75 Å². The first kappa shape index (κ1) is 23.1. The molecule has 0 saturated carbocycles. The third-order valence-electron chi connectivity index (χ3n) is 3.43. The second-order valence-electron chi connectivity index (χ2n) is 5.72. The van der Waals surface area contributed by atoms with E-state index in [0.717, 1.165) is 5.56 Å². The van der Waals surface area contributed by atoms with Gasteiger partial charge in [0.1, 0.15) is 5.75 Å². The zero-order chi connectivity index (χ0) is 18.3. The van der Waals surface area contributed by atoms with Gasteiger partial charge < -0.3 is 21.1 Å². The molecule has 6 nitrogen and oxygen atoms in total. The SMILES string of the molecule is CC(NC(=O)CNC(=O)[C@@H](N)C(C)C)c1ccc(OC(F)F)cc1.Cl. The van der Waals surface area contributed by atoms with Gasteiger partial charge in [0.15, 0.2) is 0 Å². The van der Waals surface area contributed by atoms with Gasteiger partial charge in [-0.3, -0.25) is 9.59 Å². The second kappa shape index (κ2) is 10.8. The Bertz CT molecular complexity index is 556. The number of rotatable bonds is 8. The van der Waals surface area contributed by atoms with E-state index in [0.29, 0.717) is 0 Å². The Hall–Kier alpha value is -1.93. The number of alkyl halides is 2. The number of amides is 2. The molecule has 142 valence electrons. The molecule has 4 N–H and O–H groups in total. The summed E-state index contributed by atoms with van der Waals surface area (Å²) in [6.07, 6.45) is 0. The van der Waals surface area contributed by atoms with Crippen molar-refractivity contribution in [3.05, 3.63) is 29.8 Å². The fraction of sp³-hybridized carbons (Fsp3) is 0.500. The van der Waals surface area contributed by atoms with Gasteiger partial charge in [-0.15, -0.1) is 12.4 Å². The second-order valence-corrected chi connectivity index (χ2v) is 5.72. The van der Waals surface area contributed by atoms with E-state index in [9.17, 15) is 18.4 Å². The van der Waals surface area contributed by atoms with E-state index in [1.54, 1.807) is 19.1 Å². The zero-order valence-electron chi connectivity index (χ0n) is 14.3. The minimum Gasteiger partial charge on any atom is -0.435 e. The van der Waals surface area contributed by atoms with E-state index in [1.165, 1.54) is 12.1 Å². The molecule has 2 atom stereocenters. The van der Waals surface area contributed by atoms with Crippen LogP contribution in [-0.2, 0) is 9.59 Å². The Kier molecular flexibility index (Phi) is 10.00. The van der Waals surface area contributed by atoms with Crippen molar-refractivity contribution in [3.8, 4) is 5.75 Å². The highest BCUT2D eigenvalue weighted by molar-refractivity contribution is 5.87. The number of hydrogen-bond acceptors (Lipinski definition) is 4. The number of halogens is 3. The number of hydrogen-bond donors (Lipinski definition) is 3. The third kappa shape index (κ3) is 8.13. The summed E-state index contributed by atoms with van der Waals surface area (Å²) in [5, 5.41) is 5.17. The van der Waals surface area contributed by atoms with Gasteiger partial charge in [-0.2, -0.15) is 8.78 Å². The van der Waals surface area contributed by atoms with Crippen LogP contribution in [0.3, 0.4) is 0 Å². The average Bonchev–Trinajstić information content (AvgIpc) is 2.51. The van der Waals surface area contributed by atoms with Crippen molar-refractivity contribution in [3.63, 3.8) is 0 Å². The first-order chi connectivity index (χ1) is 11.2. The lowest BCUT2D eigenvalue weighted by atomic mass is 10.1. The molecular weight excluding hydrogens is 356 g/mol. The molecule has 1 unspecified atom stereocenters. The fourth-order valence-electron chi connectivity index (χ4n) is 1.90. The van der Waals surface area contributed by atoms with Gasteiger partial charge >= 0.3 is 6.61 Å². The van der Waals surface area contributed by atoms with Gasteiger partial charge in [-0.25, -0.2) is 0 Å². The fourth-order valence-corrected chi connectivity index (χ4v) is 1.90. The molecule has 0 saturated heterocycles. The number of nitrogens with two attached hydrogens (primary N) is 1. The minimum absolute atomic E-state index is 0. The van der Waals surface area contributed by atoms with Crippen LogP contribution >= 0.6 is 12.4 Å². The Morgan fingerprint density at radius 2 is 1.72 bits per heavy atom. The van der Waals surface area contributed by atoms with Gasteiger partial charge in [-0.05, 0) is 30.5 Å². The highest BCUT2D eigenvalue weighted by Crippen LogP contribution is 2.19. The summed E-state index contributed by atoms with van der Waals surface area (Å²) in [5.41, 5.74) is 6.40. The van der Waals surface area contributed by atoms with E-state index in [1.807, 2.05) is 13.8 Å². The molecule has 0 spiro atoms. The Balaban J connectivity index is 0.00000576. The molecule has 2 amide bonds. The van der Waals surface area contributed by atoms with Gasteiger partial charge in [-0.1, -0.05) is 26.0 Å². The summed E-state index contributed by atoms with van der Waals surface area (Å²) in [6, 6.07) is 4.93. The number of carbonyl (C=O) groups excluding carboxylic acids is 2. The Morgan fingerprint density at radius 3 is 2.20 bits per heavy atom. The number of ether oxygens (including phenoxy) is 1. The monoisotopic (exact) mass is 379 g/mol. The van der Waals surface area contributed by atoms with Crippen LogP contribution in [0.1, 0.15) is 32.4 Å². The molecule has 0 aliphatic heterocycles. The van der Waals surface area contributed by atoms with E-state index >= 15 is 0 Å². The van der Waals surface area contributed by atoms with Crippen molar-refractivity contribution in [2.24, 2.45) is 11.7 Å². The lowest BCUT2D eigenvalue weighted by Gasteiger charge is -2.17. The van der Waals surface area contributed by atoms with Crippen LogP contribution in [0.2, 0.25) is 0 Å². The minimum atomic E-state index is -2.88. The van der Waals surface area contributed by atoms with Crippen LogP contribution in [0.4, 0.5) is 8.78 Å². The van der Waals surface area contributed by atoms with E-state index in [2.05, 4.69) is 15.4 Å². The molecule has 0 fully saturated rings. The van der Waals surface area contributed by atoms with Crippen LogP contribution < -0.4 is 21.1 Å². The smallest absolute Gasteiger partial charge is 0.387 e. The number of carbonyl (C=O) groups is 2. The topological polar surface area (TPSA) is 93.5 Å². The normalized spacial score (nSPS) is 13.0. The van der Waals surface area contributed by atoms with Crippen LogP contribution in [0, 0.1) is 5.92 Å². The molecule has 25 heavy (non-hydrogen) atoms. The first-order valence-corrected chi connectivity index (χ1v) is 7.58. The summed E-state index contributed by atoms with van der Waals surface area (Å²) >= 11 is 0. The predicted molar refractivity (Wildman–Crippen MR) is 92.7 cm³/mol. The average molecular weight is 380 g/mol. The highest BCUT2D eigenvalue weighted by Gasteiger charge is 2.18. The molecule has 1 rings (SSSR count). The standard InChI is InChI=1S/C16H23F2N3O3.ClH/c1-9(2)14(19)15(23)20-8-13(22)21-10(3)11-4-6-12(7-5-11)24-16(17)18;/h4-7,9-10,14,16H,8,19H2,1-3H3,(H,20,23)(H,21,22);1H/t10?,14-;/m0./s1. The molecule has 0 bridgehead atoms. The number of benzene rings is 1. The molecule has 9 heteroatoms. The lowest BCUT2D eigenvalue weighted by molar-refractivity contribution is -0.127. The highest BCUT2D eigenvalue weighted by atomic mass is 35.5. The van der Waals surface area contributed by atoms with Gasteiger partial charge in [0, 0.05) is 0 Å². The molecule has 0 heterocycles. The third-order valence-corrected chi connectivity index (χ3v) is 3.43. The van der Waals surface area contributed by atoms with Crippen LogP contribution in [0.15, 0.2) is 24.3 Å². The first-order valence-electron chi connectivity index (χ1n) is 7.58. The summed E-state index contributed by atoms with van der Waals surface area (Å²) in [7, 11) is 0. The summed E-state index contributed by atoms with van der Waals surface area (Å²) < 4.78 is 28.4.